The van der Waals surface area contributed by atoms with E-state index in [9.17, 15) is 13.2 Å². The van der Waals surface area contributed by atoms with Crippen molar-refractivity contribution in [3.8, 4) is 6.07 Å². The lowest BCUT2D eigenvalue weighted by Gasteiger charge is -2.16. The Morgan fingerprint density at radius 2 is 2.00 bits per heavy atom. The second kappa shape index (κ2) is 6.24. The summed E-state index contributed by atoms with van der Waals surface area (Å²) < 4.78 is 25.4. The van der Waals surface area contributed by atoms with Crippen molar-refractivity contribution >= 4 is 15.9 Å². The van der Waals surface area contributed by atoms with E-state index in [2.05, 4.69) is 5.32 Å². The van der Waals surface area contributed by atoms with Gasteiger partial charge in [-0.3, -0.25) is 4.79 Å². The van der Waals surface area contributed by atoms with Crippen LogP contribution in [0.15, 0.2) is 24.3 Å². The average Bonchev–Trinajstić information content (AvgIpc) is 3.22. The average molecular weight is 307 g/mol. The van der Waals surface area contributed by atoms with Crippen LogP contribution in [-0.2, 0) is 20.6 Å². The third-order valence-electron chi connectivity index (χ3n) is 3.22. The fourth-order valence-corrected chi connectivity index (χ4v) is 2.95. The molecule has 0 radical (unpaired) electrons. The lowest BCUT2D eigenvalue weighted by Crippen LogP contribution is -2.39. The molecule has 1 aliphatic carbocycles. The molecule has 0 aliphatic heterocycles. The minimum absolute atomic E-state index is 0.172. The maximum Gasteiger partial charge on any atom is 0.235 e. The first-order valence-corrected chi connectivity index (χ1v) is 8.24. The molecule has 1 amide bonds. The van der Waals surface area contributed by atoms with Crippen LogP contribution in [0.1, 0.15) is 24.0 Å². The number of benzene rings is 1. The number of carbonyl (C=O) groups is 1. The SMILES string of the molecule is CN(CC(=O)NC1CC1)S(=O)(=O)Cc1ccc(C#N)cc1. The van der Waals surface area contributed by atoms with Crippen LogP contribution in [0.2, 0.25) is 0 Å². The predicted octanol–water partition coefficient (Wildman–Crippen LogP) is 0.598. The molecule has 1 aromatic rings. The Morgan fingerprint density at radius 3 is 2.52 bits per heavy atom. The highest BCUT2D eigenvalue weighted by molar-refractivity contribution is 7.88. The van der Waals surface area contributed by atoms with Gasteiger partial charge in [-0.1, -0.05) is 12.1 Å². The van der Waals surface area contributed by atoms with Gasteiger partial charge in [-0.2, -0.15) is 9.57 Å². The topological polar surface area (TPSA) is 90.3 Å². The summed E-state index contributed by atoms with van der Waals surface area (Å²) in [6, 6.07) is 8.55. The number of nitrogens with zero attached hydrogens (tertiary/aromatic N) is 2. The van der Waals surface area contributed by atoms with Gasteiger partial charge in [-0.25, -0.2) is 8.42 Å². The van der Waals surface area contributed by atoms with E-state index in [1.54, 1.807) is 24.3 Å². The minimum Gasteiger partial charge on any atom is -0.352 e. The Bertz CT molecular complexity index is 658. The first-order valence-electron chi connectivity index (χ1n) is 6.63. The molecule has 0 aromatic heterocycles. The molecule has 0 unspecified atom stereocenters. The highest BCUT2D eigenvalue weighted by Gasteiger charge is 2.26. The van der Waals surface area contributed by atoms with Crippen LogP contribution in [0.4, 0.5) is 0 Å². The Labute approximate surface area is 124 Å². The van der Waals surface area contributed by atoms with Crippen molar-refractivity contribution in [1.29, 1.82) is 5.26 Å². The van der Waals surface area contributed by atoms with Gasteiger partial charge in [0.15, 0.2) is 0 Å². The molecule has 1 aromatic carbocycles. The van der Waals surface area contributed by atoms with Crippen LogP contribution in [0.5, 0.6) is 0 Å². The van der Waals surface area contributed by atoms with E-state index in [0.29, 0.717) is 11.1 Å². The van der Waals surface area contributed by atoms with Gasteiger partial charge in [0.1, 0.15) is 0 Å². The van der Waals surface area contributed by atoms with E-state index in [4.69, 9.17) is 5.26 Å². The Morgan fingerprint density at radius 1 is 1.38 bits per heavy atom. The number of rotatable bonds is 6. The zero-order valence-corrected chi connectivity index (χ0v) is 12.6. The maximum atomic E-state index is 12.2. The Balaban J connectivity index is 1.95. The summed E-state index contributed by atoms with van der Waals surface area (Å²) >= 11 is 0. The van der Waals surface area contributed by atoms with Crippen molar-refractivity contribution in [1.82, 2.24) is 9.62 Å². The smallest absolute Gasteiger partial charge is 0.235 e. The fraction of sp³-hybridized carbons (Fsp3) is 0.429. The number of likely N-dealkylation sites (N-methyl/N-ethyl adjacent to an activating group) is 1. The van der Waals surface area contributed by atoms with E-state index in [0.717, 1.165) is 17.1 Å². The Kier molecular flexibility index (Phi) is 4.60. The van der Waals surface area contributed by atoms with Crippen molar-refractivity contribution in [3.05, 3.63) is 35.4 Å². The summed E-state index contributed by atoms with van der Waals surface area (Å²) in [4.78, 5) is 11.6. The van der Waals surface area contributed by atoms with E-state index in [1.165, 1.54) is 7.05 Å². The van der Waals surface area contributed by atoms with Crippen molar-refractivity contribution < 1.29 is 13.2 Å². The lowest BCUT2D eigenvalue weighted by atomic mass is 10.2. The molecule has 1 fully saturated rings. The van der Waals surface area contributed by atoms with Gasteiger partial charge in [0.25, 0.3) is 0 Å². The highest BCUT2D eigenvalue weighted by Crippen LogP contribution is 2.18. The summed E-state index contributed by atoms with van der Waals surface area (Å²) in [7, 11) is -2.16. The van der Waals surface area contributed by atoms with Crippen molar-refractivity contribution in [3.63, 3.8) is 0 Å². The minimum atomic E-state index is -3.55. The standard InChI is InChI=1S/C14H17N3O3S/c1-17(9-14(18)16-13-6-7-13)21(19,20)10-12-4-2-11(8-15)3-5-12/h2-5,13H,6-7,9-10H2,1H3,(H,16,18). The van der Waals surface area contributed by atoms with E-state index >= 15 is 0 Å². The van der Waals surface area contributed by atoms with Crippen molar-refractivity contribution in [2.45, 2.75) is 24.6 Å². The predicted molar refractivity (Wildman–Crippen MR) is 77.6 cm³/mol. The molecule has 1 aliphatic rings. The molecule has 21 heavy (non-hydrogen) atoms. The molecular weight excluding hydrogens is 290 g/mol. The number of hydrogen-bond acceptors (Lipinski definition) is 4. The molecule has 2 rings (SSSR count). The summed E-state index contributed by atoms with van der Waals surface area (Å²) in [6.07, 6.45) is 1.93. The number of amides is 1. The third kappa shape index (κ3) is 4.55. The molecule has 0 heterocycles. The zero-order chi connectivity index (χ0) is 15.5. The summed E-state index contributed by atoms with van der Waals surface area (Å²) in [5.41, 5.74) is 1.07. The van der Waals surface area contributed by atoms with Crippen LogP contribution < -0.4 is 5.32 Å². The van der Waals surface area contributed by atoms with E-state index in [-0.39, 0.29) is 24.2 Å². The molecule has 1 N–H and O–H groups in total. The monoisotopic (exact) mass is 307 g/mol. The first-order chi connectivity index (χ1) is 9.90. The number of sulfonamides is 1. The van der Waals surface area contributed by atoms with Crippen LogP contribution in [-0.4, -0.2) is 38.3 Å². The Hall–Kier alpha value is -1.91. The van der Waals surface area contributed by atoms with E-state index < -0.39 is 10.0 Å². The highest BCUT2D eigenvalue weighted by atomic mass is 32.2. The summed E-state index contributed by atoms with van der Waals surface area (Å²) in [6.45, 7) is -0.172. The van der Waals surface area contributed by atoms with Gasteiger partial charge in [0.2, 0.25) is 15.9 Å². The van der Waals surface area contributed by atoms with Gasteiger partial charge in [0, 0.05) is 13.1 Å². The quantitative estimate of drug-likeness (QED) is 0.833. The molecule has 0 saturated heterocycles. The molecular formula is C14H17N3O3S. The zero-order valence-electron chi connectivity index (χ0n) is 11.7. The van der Waals surface area contributed by atoms with Crippen LogP contribution in [0.3, 0.4) is 0 Å². The summed E-state index contributed by atoms with van der Waals surface area (Å²) in [5, 5.41) is 11.5. The van der Waals surface area contributed by atoms with Crippen LogP contribution in [0.25, 0.3) is 0 Å². The molecule has 1 saturated carbocycles. The molecule has 0 bridgehead atoms. The van der Waals surface area contributed by atoms with E-state index in [1.807, 2.05) is 6.07 Å². The molecule has 112 valence electrons. The van der Waals surface area contributed by atoms with Crippen LogP contribution >= 0.6 is 0 Å². The number of hydrogen-bond donors (Lipinski definition) is 1. The van der Waals surface area contributed by atoms with Crippen LogP contribution in [0, 0.1) is 11.3 Å². The molecule has 6 nitrogen and oxygen atoms in total. The molecule has 0 spiro atoms. The largest absolute Gasteiger partial charge is 0.352 e. The van der Waals surface area contributed by atoms with Crippen molar-refractivity contribution in [2.24, 2.45) is 0 Å². The summed E-state index contributed by atoms with van der Waals surface area (Å²) in [5.74, 6) is -0.463. The number of nitrogens with one attached hydrogen (secondary N) is 1. The molecule has 7 heteroatoms. The van der Waals surface area contributed by atoms with Gasteiger partial charge >= 0.3 is 0 Å². The number of nitriles is 1. The fourth-order valence-electron chi connectivity index (χ4n) is 1.80. The first kappa shape index (κ1) is 15.5. The van der Waals surface area contributed by atoms with Gasteiger partial charge in [0.05, 0.1) is 23.9 Å². The van der Waals surface area contributed by atoms with Gasteiger partial charge < -0.3 is 5.32 Å². The number of carbonyl (C=O) groups excluding carboxylic acids is 1. The lowest BCUT2D eigenvalue weighted by molar-refractivity contribution is -0.121. The van der Waals surface area contributed by atoms with Gasteiger partial charge in [-0.15, -0.1) is 0 Å². The maximum absolute atomic E-state index is 12.2. The van der Waals surface area contributed by atoms with Gasteiger partial charge in [-0.05, 0) is 30.5 Å². The third-order valence-corrected chi connectivity index (χ3v) is 4.99. The van der Waals surface area contributed by atoms with Crippen molar-refractivity contribution in [2.75, 3.05) is 13.6 Å². The second-order valence-corrected chi connectivity index (χ2v) is 7.24. The normalized spacial score (nSPS) is 14.7. The molecule has 0 atom stereocenters. The second-order valence-electron chi connectivity index (χ2n) is 5.16.